The number of nitrogens with one attached hydrogen (secondary N) is 1. The van der Waals surface area contributed by atoms with E-state index in [1.807, 2.05) is 12.1 Å². The molecule has 0 aliphatic heterocycles. The van der Waals surface area contributed by atoms with Crippen LogP contribution in [0.5, 0.6) is 11.5 Å². The van der Waals surface area contributed by atoms with Crippen LogP contribution in [0.2, 0.25) is 0 Å². The van der Waals surface area contributed by atoms with Gasteiger partial charge in [-0.05, 0) is 36.3 Å². The van der Waals surface area contributed by atoms with Gasteiger partial charge in [0, 0.05) is 17.5 Å². The molecule has 0 radical (unpaired) electrons. The van der Waals surface area contributed by atoms with Crippen molar-refractivity contribution < 1.29 is 14.3 Å². The Morgan fingerprint density at radius 3 is 2.83 bits per heavy atom. The van der Waals surface area contributed by atoms with Crippen LogP contribution in [0.15, 0.2) is 23.3 Å². The molecule has 124 valence electrons. The Morgan fingerprint density at radius 2 is 2.17 bits per heavy atom. The summed E-state index contributed by atoms with van der Waals surface area (Å²) in [5.74, 6) is 2.09. The molecule has 1 aromatic carbocycles. The second kappa shape index (κ2) is 6.22. The Labute approximate surface area is 137 Å². The molecule has 2 fully saturated rings. The summed E-state index contributed by atoms with van der Waals surface area (Å²) < 4.78 is 10.5. The molecule has 0 aromatic heterocycles. The average molecular weight is 316 g/mol. The van der Waals surface area contributed by atoms with Gasteiger partial charge >= 0.3 is 0 Å². The van der Waals surface area contributed by atoms with Crippen LogP contribution in [0.25, 0.3) is 0 Å². The molecule has 1 aromatic rings. The molecular formula is C18H24N2O3. The molecule has 0 saturated heterocycles. The van der Waals surface area contributed by atoms with E-state index in [0.29, 0.717) is 11.7 Å². The Balaban J connectivity index is 1.62. The summed E-state index contributed by atoms with van der Waals surface area (Å²) in [5.41, 5.74) is 3.70. The van der Waals surface area contributed by atoms with Gasteiger partial charge in [0.25, 0.3) is 0 Å². The molecule has 3 rings (SSSR count). The minimum atomic E-state index is 0.0446. The third kappa shape index (κ3) is 2.92. The van der Waals surface area contributed by atoms with Gasteiger partial charge in [-0.15, -0.1) is 0 Å². The molecule has 0 unspecified atom stereocenters. The number of hydrogen-bond donors (Lipinski definition) is 1. The second-order valence-electron chi connectivity index (χ2n) is 6.68. The van der Waals surface area contributed by atoms with Crippen molar-refractivity contribution in [2.24, 2.45) is 22.4 Å². The number of methoxy groups -OCH3 is 2. The largest absolute Gasteiger partial charge is 0.497 e. The fourth-order valence-electron chi connectivity index (χ4n) is 4.01. The number of ether oxygens (including phenoxy) is 2. The summed E-state index contributed by atoms with van der Waals surface area (Å²) in [7, 11) is 3.21. The molecule has 5 heteroatoms. The zero-order chi connectivity index (χ0) is 16.4. The number of fused-ring (bicyclic) bond motifs is 1. The predicted octanol–water partition coefficient (Wildman–Crippen LogP) is 2.98. The van der Waals surface area contributed by atoms with Crippen molar-refractivity contribution in [3.8, 4) is 11.5 Å². The topological polar surface area (TPSA) is 59.9 Å². The van der Waals surface area contributed by atoms with Gasteiger partial charge < -0.3 is 9.47 Å². The van der Waals surface area contributed by atoms with E-state index >= 15 is 0 Å². The Morgan fingerprint density at radius 1 is 1.35 bits per heavy atom. The SMILES string of the molecule is COc1ccc(/C=N/NC(=O)[C@H]2[C@H]3CCCC[C@@]32C)c(OC)c1. The van der Waals surface area contributed by atoms with Crippen LogP contribution >= 0.6 is 0 Å². The number of rotatable bonds is 5. The number of hydrogen-bond acceptors (Lipinski definition) is 4. The van der Waals surface area contributed by atoms with Crippen LogP contribution in [-0.2, 0) is 4.79 Å². The average Bonchev–Trinajstić information content (AvgIpc) is 3.20. The smallest absolute Gasteiger partial charge is 0.244 e. The molecule has 23 heavy (non-hydrogen) atoms. The zero-order valence-corrected chi connectivity index (χ0v) is 14.0. The Kier molecular flexibility index (Phi) is 4.28. The number of carbonyl (C=O) groups excluding carboxylic acids is 1. The molecule has 5 nitrogen and oxygen atoms in total. The van der Waals surface area contributed by atoms with Crippen molar-refractivity contribution >= 4 is 12.1 Å². The lowest BCUT2D eigenvalue weighted by molar-refractivity contribution is -0.123. The molecule has 0 spiro atoms. The number of amides is 1. The summed E-state index contributed by atoms with van der Waals surface area (Å²) in [5, 5.41) is 4.11. The lowest BCUT2D eigenvalue weighted by atomic mass is 9.90. The maximum atomic E-state index is 12.3. The summed E-state index contributed by atoms with van der Waals surface area (Å²) in [4.78, 5) is 12.3. The van der Waals surface area contributed by atoms with E-state index in [0.717, 1.165) is 17.7 Å². The molecule has 2 aliphatic carbocycles. The van der Waals surface area contributed by atoms with Gasteiger partial charge in [0.2, 0.25) is 5.91 Å². The van der Waals surface area contributed by atoms with Gasteiger partial charge in [-0.3, -0.25) is 4.79 Å². The van der Waals surface area contributed by atoms with Crippen LogP contribution < -0.4 is 14.9 Å². The monoisotopic (exact) mass is 316 g/mol. The van der Waals surface area contributed by atoms with Gasteiger partial charge in [-0.25, -0.2) is 5.43 Å². The fourth-order valence-corrected chi connectivity index (χ4v) is 4.01. The first-order valence-corrected chi connectivity index (χ1v) is 8.15. The van der Waals surface area contributed by atoms with E-state index in [1.165, 1.54) is 19.3 Å². The van der Waals surface area contributed by atoms with E-state index in [9.17, 15) is 4.79 Å². The van der Waals surface area contributed by atoms with Crippen molar-refractivity contribution in [1.82, 2.24) is 5.43 Å². The summed E-state index contributed by atoms with van der Waals surface area (Å²) >= 11 is 0. The molecule has 0 heterocycles. The third-order valence-corrected chi connectivity index (χ3v) is 5.43. The van der Waals surface area contributed by atoms with E-state index < -0.39 is 0 Å². The van der Waals surface area contributed by atoms with E-state index in [2.05, 4.69) is 17.5 Å². The summed E-state index contributed by atoms with van der Waals surface area (Å²) in [6.45, 7) is 2.23. The van der Waals surface area contributed by atoms with Crippen LogP contribution in [0.3, 0.4) is 0 Å². The van der Waals surface area contributed by atoms with Crippen molar-refractivity contribution in [3.05, 3.63) is 23.8 Å². The highest BCUT2D eigenvalue weighted by Crippen LogP contribution is 2.66. The van der Waals surface area contributed by atoms with Crippen LogP contribution in [0, 0.1) is 17.3 Å². The maximum Gasteiger partial charge on any atom is 0.244 e. The van der Waals surface area contributed by atoms with Crippen LogP contribution in [0.1, 0.15) is 38.2 Å². The summed E-state index contributed by atoms with van der Waals surface area (Å²) in [6, 6.07) is 5.48. The quantitative estimate of drug-likeness (QED) is 0.671. The van der Waals surface area contributed by atoms with Gasteiger partial charge in [0.15, 0.2) is 0 Å². The standard InChI is InChI=1S/C18H24N2O3/c1-18-9-5-4-6-14(18)16(18)17(21)20-19-11-12-7-8-13(22-2)10-15(12)23-3/h7-8,10-11,14,16H,4-6,9H2,1-3H3,(H,20,21)/b19-11+/t14-,16-,18+/m1/s1. The number of carbonyl (C=O) groups is 1. The Bertz CT molecular complexity index is 629. The fraction of sp³-hybridized carbons (Fsp3) is 0.556. The number of benzene rings is 1. The minimum Gasteiger partial charge on any atom is -0.497 e. The van der Waals surface area contributed by atoms with Gasteiger partial charge in [-0.1, -0.05) is 19.8 Å². The predicted molar refractivity (Wildman–Crippen MR) is 88.8 cm³/mol. The van der Waals surface area contributed by atoms with Crippen molar-refractivity contribution in [2.45, 2.75) is 32.6 Å². The molecular weight excluding hydrogens is 292 g/mol. The third-order valence-electron chi connectivity index (χ3n) is 5.43. The molecule has 1 N–H and O–H groups in total. The van der Waals surface area contributed by atoms with Crippen molar-refractivity contribution in [1.29, 1.82) is 0 Å². The lowest BCUT2D eigenvalue weighted by Crippen LogP contribution is -2.22. The zero-order valence-electron chi connectivity index (χ0n) is 14.0. The van der Waals surface area contributed by atoms with Crippen molar-refractivity contribution in [3.63, 3.8) is 0 Å². The summed E-state index contributed by atoms with van der Waals surface area (Å²) in [6.07, 6.45) is 6.43. The highest BCUT2D eigenvalue weighted by Gasteiger charge is 2.64. The molecule has 1 amide bonds. The van der Waals surface area contributed by atoms with Crippen LogP contribution in [0.4, 0.5) is 0 Å². The molecule has 2 aliphatic rings. The molecule has 3 atom stereocenters. The van der Waals surface area contributed by atoms with Gasteiger partial charge in [0.1, 0.15) is 11.5 Å². The lowest BCUT2D eigenvalue weighted by Gasteiger charge is -2.15. The van der Waals surface area contributed by atoms with Crippen molar-refractivity contribution in [2.75, 3.05) is 14.2 Å². The maximum absolute atomic E-state index is 12.3. The number of nitrogens with zero attached hydrogens (tertiary/aromatic N) is 1. The normalized spacial score (nSPS) is 29.0. The van der Waals surface area contributed by atoms with Crippen LogP contribution in [-0.4, -0.2) is 26.3 Å². The first-order valence-electron chi connectivity index (χ1n) is 8.15. The van der Waals surface area contributed by atoms with E-state index in [4.69, 9.17) is 9.47 Å². The van der Waals surface area contributed by atoms with Gasteiger partial charge in [-0.2, -0.15) is 5.10 Å². The van der Waals surface area contributed by atoms with Gasteiger partial charge in [0.05, 0.1) is 20.4 Å². The Hall–Kier alpha value is -2.04. The highest BCUT2D eigenvalue weighted by atomic mass is 16.5. The second-order valence-corrected chi connectivity index (χ2v) is 6.68. The minimum absolute atomic E-state index is 0.0446. The first-order chi connectivity index (χ1) is 11.1. The first kappa shape index (κ1) is 15.8. The highest BCUT2D eigenvalue weighted by molar-refractivity contribution is 5.87. The van der Waals surface area contributed by atoms with E-state index in [-0.39, 0.29) is 17.2 Å². The van der Waals surface area contributed by atoms with E-state index in [1.54, 1.807) is 26.5 Å². The molecule has 0 bridgehead atoms. The number of hydrazone groups is 1. The molecule has 2 saturated carbocycles.